The summed E-state index contributed by atoms with van der Waals surface area (Å²) in [6, 6.07) is 11.5. The monoisotopic (exact) mass is 291 g/mol. The number of rotatable bonds is 4. The van der Waals surface area contributed by atoms with Crippen molar-refractivity contribution in [2.45, 2.75) is 4.90 Å². The number of benzene rings is 2. The van der Waals surface area contributed by atoms with E-state index in [0.717, 1.165) is 4.90 Å². The molecule has 0 fully saturated rings. The predicted molar refractivity (Wildman–Crippen MR) is 79.1 cm³/mol. The van der Waals surface area contributed by atoms with Crippen LogP contribution in [0.5, 0.6) is 5.75 Å². The molecule has 5 heteroatoms. The number of carbonyl (C=O) groups is 1. The van der Waals surface area contributed by atoms with Crippen LogP contribution >= 0.6 is 11.8 Å². The number of thioether (sulfide) groups is 1. The minimum atomic E-state index is -0.511. The van der Waals surface area contributed by atoms with Crippen LogP contribution in [0.4, 0.5) is 10.1 Å². The summed E-state index contributed by atoms with van der Waals surface area (Å²) in [5.41, 5.74) is 0.918. The fraction of sp³-hybridized carbons (Fsp3) is 0.133. The third-order valence-electron chi connectivity index (χ3n) is 2.76. The Bertz CT molecular complexity index is 614. The van der Waals surface area contributed by atoms with Crippen LogP contribution in [0.2, 0.25) is 0 Å². The van der Waals surface area contributed by atoms with E-state index in [1.54, 1.807) is 30.0 Å². The number of amides is 1. The molecule has 0 aliphatic carbocycles. The highest BCUT2D eigenvalue weighted by molar-refractivity contribution is 7.98. The summed E-state index contributed by atoms with van der Waals surface area (Å²) < 4.78 is 18.3. The Hall–Kier alpha value is -2.01. The van der Waals surface area contributed by atoms with Gasteiger partial charge in [0.25, 0.3) is 5.91 Å². The Kier molecular flexibility index (Phi) is 4.63. The van der Waals surface area contributed by atoms with Crippen molar-refractivity contribution < 1.29 is 13.9 Å². The van der Waals surface area contributed by atoms with E-state index in [-0.39, 0.29) is 11.7 Å². The second-order valence-electron chi connectivity index (χ2n) is 4.03. The summed E-state index contributed by atoms with van der Waals surface area (Å²) >= 11 is 1.60. The SMILES string of the molecule is COc1ccc(NC(=O)c2ccc(SC)cc2)cc1F. The fourth-order valence-corrected chi connectivity index (χ4v) is 2.10. The van der Waals surface area contributed by atoms with E-state index in [1.165, 1.54) is 19.2 Å². The Morgan fingerprint density at radius 3 is 2.45 bits per heavy atom. The smallest absolute Gasteiger partial charge is 0.255 e. The lowest BCUT2D eigenvalue weighted by Crippen LogP contribution is -2.11. The van der Waals surface area contributed by atoms with Gasteiger partial charge in [-0.2, -0.15) is 0 Å². The van der Waals surface area contributed by atoms with Gasteiger partial charge < -0.3 is 10.1 Å². The highest BCUT2D eigenvalue weighted by atomic mass is 32.2. The molecule has 2 rings (SSSR count). The summed E-state index contributed by atoms with van der Waals surface area (Å²) in [6.07, 6.45) is 1.97. The van der Waals surface area contributed by atoms with Crippen LogP contribution in [0, 0.1) is 5.82 Å². The second kappa shape index (κ2) is 6.43. The van der Waals surface area contributed by atoms with Crippen molar-refractivity contribution in [3.05, 3.63) is 53.8 Å². The minimum absolute atomic E-state index is 0.146. The number of ether oxygens (including phenoxy) is 1. The normalized spacial score (nSPS) is 10.2. The molecule has 104 valence electrons. The van der Waals surface area contributed by atoms with Crippen molar-refractivity contribution in [3.8, 4) is 5.75 Å². The Balaban J connectivity index is 2.12. The summed E-state index contributed by atoms with van der Waals surface area (Å²) in [5.74, 6) is -0.641. The molecule has 0 atom stereocenters. The van der Waals surface area contributed by atoms with E-state index < -0.39 is 5.82 Å². The van der Waals surface area contributed by atoms with Gasteiger partial charge in [0.1, 0.15) is 0 Å². The lowest BCUT2D eigenvalue weighted by Gasteiger charge is -2.07. The number of nitrogens with one attached hydrogen (secondary N) is 1. The van der Waals surface area contributed by atoms with Gasteiger partial charge in [-0.25, -0.2) is 4.39 Å². The van der Waals surface area contributed by atoms with Crippen LogP contribution in [0.3, 0.4) is 0 Å². The number of halogens is 1. The third kappa shape index (κ3) is 3.30. The molecule has 2 aromatic rings. The predicted octanol–water partition coefficient (Wildman–Crippen LogP) is 3.81. The van der Waals surface area contributed by atoms with Gasteiger partial charge in [-0.15, -0.1) is 11.8 Å². The van der Waals surface area contributed by atoms with Crippen LogP contribution in [0.1, 0.15) is 10.4 Å². The van der Waals surface area contributed by atoms with E-state index >= 15 is 0 Å². The van der Waals surface area contributed by atoms with Gasteiger partial charge in [-0.1, -0.05) is 0 Å². The molecule has 0 aromatic heterocycles. The van der Waals surface area contributed by atoms with Crippen molar-refractivity contribution in [1.29, 1.82) is 0 Å². The molecule has 2 aromatic carbocycles. The Morgan fingerprint density at radius 2 is 1.90 bits per heavy atom. The molecule has 0 saturated carbocycles. The maximum Gasteiger partial charge on any atom is 0.255 e. The van der Waals surface area contributed by atoms with E-state index in [0.29, 0.717) is 11.3 Å². The van der Waals surface area contributed by atoms with E-state index in [9.17, 15) is 9.18 Å². The van der Waals surface area contributed by atoms with Gasteiger partial charge >= 0.3 is 0 Å². The standard InChI is InChI=1S/C15H14FNO2S/c1-19-14-8-5-11(9-13(14)16)17-15(18)10-3-6-12(20-2)7-4-10/h3-9H,1-2H3,(H,17,18). The number of anilines is 1. The number of carbonyl (C=O) groups excluding carboxylic acids is 1. The van der Waals surface area contributed by atoms with Crippen LogP contribution in [-0.4, -0.2) is 19.3 Å². The average Bonchev–Trinajstić information content (AvgIpc) is 2.47. The van der Waals surface area contributed by atoms with Gasteiger partial charge in [0.15, 0.2) is 11.6 Å². The molecule has 1 N–H and O–H groups in total. The van der Waals surface area contributed by atoms with Crippen molar-refractivity contribution in [3.63, 3.8) is 0 Å². The molecule has 0 bridgehead atoms. The summed E-state index contributed by atoms with van der Waals surface area (Å²) in [5, 5.41) is 2.65. The molecule has 0 unspecified atom stereocenters. The molecule has 0 spiro atoms. The molecular weight excluding hydrogens is 277 g/mol. The maximum absolute atomic E-state index is 13.5. The molecule has 0 saturated heterocycles. The fourth-order valence-electron chi connectivity index (χ4n) is 1.69. The molecule has 20 heavy (non-hydrogen) atoms. The lowest BCUT2D eigenvalue weighted by molar-refractivity contribution is 0.102. The Labute approximate surface area is 121 Å². The van der Waals surface area contributed by atoms with Crippen LogP contribution in [0.25, 0.3) is 0 Å². The highest BCUT2D eigenvalue weighted by Gasteiger charge is 2.08. The largest absolute Gasteiger partial charge is 0.494 e. The lowest BCUT2D eigenvalue weighted by atomic mass is 10.2. The maximum atomic E-state index is 13.5. The summed E-state index contributed by atoms with van der Waals surface area (Å²) in [7, 11) is 1.39. The highest BCUT2D eigenvalue weighted by Crippen LogP contribution is 2.21. The Morgan fingerprint density at radius 1 is 1.20 bits per heavy atom. The van der Waals surface area contributed by atoms with Crippen molar-refractivity contribution in [1.82, 2.24) is 0 Å². The van der Waals surface area contributed by atoms with E-state index in [4.69, 9.17) is 4.74 Å². The molecular formula is C15H14FNO2S. The second-order valence-corrected chi connectivity index (χ2v) is 4.91. The van der Waals surface area contributed by atoms with E-state index in [1.807, 2.05) is 18.4 Å². The van der Waals surface area contributed by atoms with Crippen molar-refractivity contribution in [2.24, 2.45) is 0 Å². The zero-order valence-corrected chi connectivity index (χ0v) is 12.0. The van der Waals surface area contributed by atoms with Gasteiger partial charge in [-0.05, 0) is 42.7 Å². The molecule has 0 aliphatic heterocycles. The molecule has 3 nitrogen and oxygen atoms in total. The molecule has 0 heterocycles. The number of hydrogen-bond donors (Lipinski definition) is 1. The first kappa shape index (κ1) is 14.4. The first-order chi connectivity index (χ1) is 9.63. The third-order valence-corrected chi connectivity index (χ3v) is 3.51. The molecule has 0 radical (unpaired) electrons. The minimum Gasteiger partial charge on any atom is -0.494 e. The van der Waals surface area contributed by atoms with Crippen LogP contribution < -0.4 is 10.1 Å². The topological polar surface area (TPSA) is 38.3 Å². The average molecular weight is 291 g/mol. The van der Waals surface area contributed by atoms with Crippen LogP contribution in [-0.2, 0) is 0 Å². The van der Waals surface area contributed by atoms with Gasteiger partial charge in [0.2, 0.25) is 0 Å². The summed E-state index contributed by atoms with van der Waals surface area (Å²) in [4.78, 5) is 13.1. The van der Waals surface area contributed by atoms with Gasteiger partial charge in [0, 0.05) is 22.2 Å². The number of hydrogen-bond acceptors (Lipinski definition) is 3. The van der Waals surface area contributed by atoms with Gasteiger partial charge in [-0.3, -0.25) is 4.79 Å². The first-order valence-corrected chi connectivity index (χ1v) is 7.15. The molecule has 1 amide bonds. The van der Waals surface area contributed by atoms with Gasteiger partial charge in [0.05, 0.1) is 7.11 Å². The van der Waals surface area contributed by atoms with Crippen LogP contribution in [0.15, 0.2) is 47.4 Å². The first-order valence-electron chi connectivity index (χ1n) is 5.93. The quantitative estimate of drug-likeness (QED) is 0.871. The zero-order valence-electron chi connectivity index (χ0n) is 11.1. The van der Waals surface area contributed by atoms with E-state index in [2.05, 4.69) is 5.32 Å². The molecule has 0 aliphatic rings. The van der Waals surface area contributed by atoms with Crippen molar-refractivity contribution in [2.75, 3.05) is 18.7 Å². The number of methoxy groups -OCH3 is 1. The van der Waals surface area contributed by atoms with Crippen molar-refractivity contribution >= 4 is 23.4 Å². The summed E-state index contributed by atoms with van der Waals surface area (Å²) in [6.45, 7) is 0. The zero-order chi connectivity index (χ0) is 14.5.